The summed E-state index contributed by atoms with van der Waals surface area (Å²) in [6.07, 6.45) is 6.33. The molecule has 5 nitrogen and oxygen atoms in total. The van der Waals surface area contributed by atoms with Crippen molar-refractivity contribution in [3.05, 3.63) is 23.8 Å². The lowest BCUT2D eigenvalue weighted by molar-refractivity contribution is 0.0658. The molecule has 0 N–H and O–H groups in total. The lowest BCUT2D eigenvalue weighted by Gasteiger charge is -2.33. The second kappa shape index (κ2) is 5.48. The van der Waals surface area contributed by atoms with E-state index in [1.807, 2.05) is 11.8 Å². The van der Waals surface area contributed by atoms with Crippen LogP contribution in [0.4, 0.5) is 0 Å². The van der Waals surface area contributed by atoms with Gasteiger partial charge in [0.25, 0.3) is 5.91 Å². The normalized spacial score (nSPS) is 27.2. The molecule has 2 fully saturated rings. The van der Waals surface area contributed by atoms with Gasteiger partial charge >= 0.3 is 0 Å². The summed E-state index contributed by atoms with van der Waals surface area (Å²) in [6, 6.07) is 2.60. The molecule has 2 unspecified atom stereocenters. The van der Waals surface area contributed by atoms with Gasteiger partial charge < -0.3 is 9.80 Å². The first-order valence-corrected chi connectivity index (χ1v) is 7.47. The molecule has 0 radical (unpaired) electrons. The number of aromatic nitrogens is 2. The van der Waals surface area contributed by atoms with Crippen LogP contribution in [0.15, 0.2) is 12.3 Å². The molecule has 108 valence electrons. The van der Waals surface area contributed by atoms with E-state index in [0.717, 1.165) is 25.9 Å². The highest BCUT2D eigenvalue weighted by Crippen LogP contribution is 2.29. The van der Waals surface area contributed by atoms with Gasteiger partial charge in [-0.3, -0.25) is 4.79 Å². The molecule has 3 rings (SSSR count). The molecule has 0 bridgehead atoms. The molecule has 2 saturated heterocycles. The fraction of sp³-hybridized carbons (Fsp3) is 0.667. The van der Waals surface area contributed by atoms with E-state index in [4.69, 9.17) is 0 Å². The Balaban J connectivity index is 1.79. The molecule has 0 spiro atoms. The molecule has 1 amide bonds. The van der Waals surface area contributed by atoms with E-state index >= 15 is 0 Å². The van der Waals surface area contributed by atoms with Crippen LogP contribution in [0.5, 0.6) is 0 Å². The van der Waals surface area contributed by atoms with Crippen molar-refractivity contribution in [1.82, 2.24) is 19.8 Å². The fourth-order valence-corrected chi connectivity index (χ4v) is 3.59. The van der Waals surface area contributed by atoms with Crippen molar-refractivity contribution >= 4 is 5.91 Å². The largest absolute Gasteiger partial charge is 0.333 e. The molecule has 20 heavy (non-hydrogen) atoms. The Labute approximate surface area is 120 Å². The molecule has 2 aliphatic heterocycles. The predicted octanol–water partition coefficient (Wildman–Crippen LogP) is 1.48. The Bertz CT molecular complexity index is 504. The van der Waals surface area contributed by atoms with Crippen LogP contribution in [0.1, 0.15) is 42.0 Å². The minimum atomic E-state index is 0.0679. The maximum Gasteiger partial charge on any atom is 0.272 e. The van der Waals surface area contributed by atoms with Crippen LogP contribution in [0.3, 0.4) is 0 Å². The number of amides is 1. The smallest absolute Gasteiger partial charge is 0.272 e. The second-order valence-electron chi connectivity index (χ2n) is 5.89. The SMILES string of the molecule is Cc1nccc(C(=O)N2CCCC2C2CCCN2C)n1. The van der Waals surface area contributed by atoms with Crippen LogP contribution in [-0.2, 0) is 0 Å². The molecule has 3 heterocycles. The number of likely N-dealkylation sites (N-methyl/N-ethyl adjacent to an activating group) is 1. The van der Waals surface area contributed by atoms with Gasteiger partial charge in [-0.15, -0.1) is 0 Å². The van der Waals surface area contributed by atoms with E-state index in [1.165, 1.54) is 12.8 Å². The standard InChI is InChI=1S/C15H22N4O/c1-11-16-8-7-12(17-11)15(20)19-10-4-6-14(19)13-5-3-9-18(13)2/h7-8,13-14H,3-6,9-10H2,1-2H3. The zero-order valence-electron chi connectivity index (χ0n) is 12.2. The van der Waals surface area contributed by atoms with Gasteiger partial charge in [0.15, 0.2) is 0 Å². The third-order valence-electron chi connectivity index (χ3n) is 4.58. The lowest BCUT2D eigenvalue weighted by Crippen LogP contribution is -2.47. The zero-order chi connectivity index (χ0) is 14.1. The Morgan fingerprint density at radius 2 is 2.00 bits per heavy atom. The summed E-state index contributed by atoms with van der Waals surface area (Å²) in [7, 11) is 2.17. The van der Waals surface area contributed by atoms with Crippen LogP contribution in [0.2, 0.25) is 0 Å². The number of nitrogens with zero attached hydrogens (tertiary/aromatic N) is 4. The van der Waals surface area contributed by atoms with Crippen molar-refractivity contribution < 1.29 is 4.79 Å². The van der Waals surface area contributed by atoms with Gasteiger partial charge in [-0.05, 0) is 52.3 Å². The first-order chi connectivity index (χ1) is 9.66. The van der Waals surface area contributed by atoms with Gasteiger partial charge in [0.05, 0.1) is 0 Å². The van der Waals surface area contributed by atoms with Gasteiger partial charge in [-0.2, -0.15) is 0 Å². The van der Waals surface area contributed by atoms with Gasteiger partial charge in [-0.25, -0.2) is 9.97 Å². The molecule has 0 aromatic carbocycles. The topological polar surface area (TPSA) is 49.3 Å². The van der Waals surface area contributed by atoms with Crippen molar-refractivity contribution in [3.8, 4) is 0 Å². The van der Waals surface area contributed by atoms with Crippen molar-refractivity contribution in [3.63, 3.8) is 0 Å². The highest BCUT2D eigenvalue weighted by Gasteiger charge is 2.38. The van der Waals surface area contributed by atoms with E-state index in [-0.39, 0.29) is 5.91 Å². The lowest BCUT2D eigenvalue weighted by atomic mass is 10.0. The summed E-state index contributed by atoms with van der Waals surface area (Å²) in [6.45, 7) is 3.83. The molecule has 0 saturated carbocycles. The monoisotopic (exact) mass is 274 g/mol. The zero-order valence-corrected chi connectivity index (χ0v) is 12.2. The number of carbonyl (C=O) groups excluding carboxylic acids is 1. The van der Waals surface area contributed by atoms with E-state index in [2.05, 4.69) is 21.9 Å². The predicted molar refractivity (Wildman–Crippen MR) is 76.5 cm³/mol. The Morgan fingerprint density at radius 1 is 1.25 bits per heavy atom. The molecule has 1 aromatic rings. The average Bonchev–Trinajstić information content (AvgIpc) is 3.06. The minimum absolute atomic E-state index is 0.0679. The maximum absolute atomic E-state index is 12.7. The number of likely N-dealkylation sites (tertiary alicyclic amines) is 2. The summed E-state index contributed by atoms with van der Waals surface area (Å²) in [4.78, 5) is 25.5. The molecule has 2 atom stereocenters. The van der Waals surface area contributed by atoms with Gasteiger partial charge in [0, 0.05) is 24.8 Å². The number of aryl methyl sites for hydroxylation is 1. The highest BCUT2D eigenvalue weighted by molar-refractivity contribution is 5.92. The third kappa shape index (κ3) is 2.42. The third-order valence-corrected chi connectivity index (χ3v) is 4.58. The first kappa shape index (κ1) is 13.5. The van der Waals surface area contributed by atoms with Crippen molar-refractivity contribution in [2.75, 3.05) is 20.1 Å². The van der Waals surface area contributed by atoms with E-state index in [0.29, 0.717) is 23.6 Å². The second-order valence-corrected chi connectivity index (χ2v) is 5.89. The molecule has 5 heteroatoms. The average molecular weight is 274 g/mol. The van der Waals surface area contributed by atoms with Crippen molar-refractivity contribution in [2.45, 2.75) is 44.7 Å². The summed E-state index contributed by atoms with van der Waals surface area (Å²) in [5.41, 5.74) is 0.532. The van der Waals surface area contributed by atoms with Crippen LogP contribution in [0.25, 0.3) is 0 Å². The van der Waals surface area contributed by atoms with Crippen LogP contribution in [0, 0.1) is 6.92 Å². The molecular formula is C15H22N4O. The number of carbonyl (C=O) groups is 1. The Hall–Kier alpha value is -1.49. The Morgan fingerprint density at radius 3 is 2.70 bits per heavy atom. The summed E-state index contributed by atoms with van der Waals surface area (Å²) in [5.74, 6) is 0.725. The fourth-order valence-electron chi connectivity index (χ4n) is 3.59. The molecular weight excluding hydrogens is 252 g/mol. The van der Waals surface area contributed by atoms with Gasteiger partial charge in [-0.1, -0.05) is 0 Å². The maximum atomic E-state index is 12.7. The van der Waals surface area contributed by atoms with E-state index in [1.54, 1.807) is 12.3 Å². The van der Waals surface area contributed by atoms with Crippen LogP contribution < -0.4 is 0 Å². The Kier molecular flexibility index (Phi) is 3.70. The first-order valence-electron chi connectivity index (χ1n) is 7.47. The van der Waals surface area contributed by atoms with Crippen molar-refractivity contribution in [2.24, 2.45) is 0 Å². The minimum Gasteiger partial charge on any atom is -0.333 e. The summed E-state index contributed by atoms with van der Waals surface area (Å²) in [5, 5.41) is 0. The summed E-state index contributed by atoms with van der Waals surface area (Å²) >= 11 is 0. The van der Waals surface area contributed by atoms with Gasteiger partial charge in [0.1, 0.15) is 11.5 Å². The summed E-state index contributed by atoms with van der Waals surface area (Å²) < 4.78 is 0. The quantitative estimate of drug-likeness (QED) is 0.820. The van der Waals surface area contributed by atoms with Crippen LogP contribution >= 0.6 is 0 Å². The van der Waals surface area contributed by atoms with E-state index < -0.39 is 0 Å². The number of hydrogen-bond acceptors (Lipinski definition) is 4. The van der Waals surface area contributed by atoms with Crippen molar-refractivity contribution in [1.29, 1.82) is 0 Å². The molecule has 0 aliphatic carbocycles. The number of hydrogen-bond donors (Lipinski definition) is 0. The van der Waals surface area contributed by atoms with Crippen LogP contribution in [-0.4, -0.2) is 57.9 Å². The van der Waals surface area contributed by atoms with Gasteiger partial charge in [0.2, 0.25) is 0 Å². The number of rotatable bonds is 2. The molecule has 1 aromatic heterocycles. The highest BCUT2D eigenvalue weighted by atomic mass is 16.2. The molecule has 2 aliphatic rings. The van der Waals surface area contributed by atoms with E-state index in [9.17, 15) is 4.79 Å².